The number of rotatable bonds is 7. The summed E-state index contributed by atoms with van der Waals surface area (Å²) in [5.74, 6) is -0.466. The average molecular weight is 331 g/mol. The van der Waals surface area contributed by atoms with Gasteiger partial charge in [0.05, 0.1) is 0 Å². The SMILES string of the molecule is CCCCC(=O)Oc1ccc2cc(C(=O)NCCC)c(=O)oc2c1. The van der Waals surface area contributed by atoms with Crippen molar-refractivity contribution in [3.63, 3.8) is 0 Å². The molecule has 1 N–H and O–H groups in total. The largest absolute Gasteiger partial charge is 0.426 e. The van der Waals surface area contributed by atoms with Gasteiger partial charge in [-0.05, 0) is 31.0 Å². The number of amides is 1. The molecule has 1 aromatic carbocycles. The molecule has 0 saturated heterocycles. The van der Waals surface area contributed by atoms with Gasteiger partial charge in [0.15, 0.2) is 0 Å². The molecule has 1 amide bonds. The second-order valence-corrected chi connectivity index (χ2v) is 5.48. The Labute approximate surface area is 139 Å². The normalized spacial score (nSPS) is 10.6. The summed E-state index contributed by atoms with van der Waals surface area (Å²) in [7, 11) is 0. The van der Waals surface area contributed by atoms with Gasteiger partial charge in [0.1, 0.15) is 16.9 Å². The van der Waals surface area contributed by atoms with E-state index in [9.17, 15) is 14.4 Å². The number of benzene rings is 1. The summed E-state index contributed by atoms with van der Waals surface area (Å²) in [6.45, 7) is 4.40. The molecule has 0 aliphatic carbocycles. The zero-order valence-corrected chi connectivity index (χ0v) is 13.9. The molecule has 2 rings (SSSR count). The van der Waals surface area contributed by atoms with Crippen LogP contribution in [0.5, 0.6) is 5.75 Å². The second-order valence-electron chi connectivity index (χ2n) is 5.48. The van der Waals surface area contributed by atoms with E-state index in [2.05, 4.69) is 5.32 Å². The summed E-state index contributed by atoms with van der Waals surface area (Å²) >= 11 is 0. The van der Waals surface area contributed by atoms with Crippen LogP contribution in [-0.4, -0.2) is 18.4 Å². The summed E-state index contributed by atoms with van der Waals surface area (Å²) in [6, 6.07) is 6.22. The lowest BCUT2D eigenvalue weighted by molar-refractivity contribution is -0.134. The van der Waals surface area contributed by atoms with Crippen molar-refractivity contribution in [1.82, 2.24) is 5.32 Å². The molecular weight excluding hydrogens is 310 g/mol. The third-order valence-corrected chi connectivity index (χ3v) is 3.45. The first-order chi connectivity index (χ1) is 11.5. The first-order valence-corrected chi connectivity index (χ1v) is 8.12. The van der Waals surface area contributed by atoms with Crippen molar-refractivity contribution in [3.8, 4) is 5.75 Å². The Kier molecular flexibility index (Phi) is 6.12. The second kappa shape index (κ2) is 8.29. The van der Waals surface area contributed by atoms with E-state index in [1.54, 1.807) is 12.1 Å². The number of carbonyl (C=O) groups is 2. The number of fused-ring (bicyclic) bond motifs is 1. The highest BCUT2D eigenvalue weighted by atomic mass is 16.5. The summed E-state index contributed by atoms with van der Waals surface area (Å²) in [6.07, 6.45) is 2.79. The van der Waals surface area contributed by atoms with Crippen molar-refractivity contribution in [2.75, 3.05) is 6.54 Å². The fourth-order valence-corrected chi connectivity index (χ4v) is 2.15. The van der Waals surface area contributed by atoms with E-state index in [-0.39, 0.29) is 17.1 Å². The molecule has 0 spiro atoms. The summed E-state index contributed by atoms with van der Waals surface area (Å²) < 4.78 is 10.4. The van der Waals surface area contributed by atoms with Gasteiger partial charge in [0, 0.05) is 24.4 Å². The predicted molar refractivity (Wildman–Crippen MR) is 90.3 cm³/mol. The third kappa shape index (κ3) is 4.44. The molecule has 6 heteroatoms. The van der Waals surface area contributed by atoms with Gasteiger partial charge in [-0.15, -0.1) is 0 Å². The standard InChI is InChI=1S/C18H21NO5/c1-3-5-6-16(20)23-13-8-7-12-10-14(17(21)19-9-4-2)18(22)24-15(12)11-13/h7-8,10-11H,3-6,9H2,1-2H3,(H,19,21). The van der Waals surface area contributed by atoms with Crippen molar-refractivity contribution in [3.05, 3.63) is 40.2 Å². The molecule has 0 saturated carbocycles. The van der Waals surface area contributed by atoms with Gasteiger partial charge in [0.2, 0.25) is 0 Å². The van der Waals surface area contributed by atoms with Gasteiger partial charge in [-0.2, -0.15) is 0 Å². The molecule has 128 valence electrons. The maximum atomic E-state index is 12.0. The van der Waals surface area contributed by atoms with Gasteiger partial charge in [-0.25, -0.2) is 4.79 Å². The molecule has 0 bridgehead atoms. The molecule has 0 fully saturated rings. The highest BCUT2D eigenvalue weighted by Crippen LogP contribution is 2.21. The summed E-state index contributed by atoms with van der Waals surface area (Å²) in [4.78, 5) is 35.6. The Morgan fingerprint density at radius 3 is 2.67 bits per heavy atom. The van der Waals surface area contributed by atoms with E-state index < -0.39 is 11.5 Å². The first-order valence-electron chi connectivity index (χ1n) is 8.12. The average Bonchev–Trinajstić information content (AvgIpc) is 2.57. The van der Waals surface area contributed by atoms with Crippen LogP contribution in [0.2, 0.25) is 0 Å². The quantitative estimate of drug-likeness (QED) is 0.479. The number of esters is 1. The van der Waals surface area contributed by atoms with Crippen LogP contribution in [0.1, 0.15) is 49.9 Å². The number of hydrogen-bond donors (Lipinski definition) is 1. The molecule has 24 heavy (non-hydrogen) atoms. The number of unbranched alkanes of at least 4 members (excludes halogenated alkanes) is 1. The lowest BCUT2D eigenvalue weighted by Crippen LogP contribution is -2.28. The van der Waals surface area contributed by atoms with E-state index in [0.717, 1.165) is 19.3 Å². The number of ether oxygens (including phenoxy) is 1. The van der Waals surface area contributed by atoms with Gasteiger partial charge in [-0.1, -0.05) is 20.3 Å². The van der Waals surface area contributed by atoms with Gasteiger partial charge in [0.25, 0.3) is 5.91 Å². The number of nitrogens with one attached hydrogen (secondary N) is 1. The van der Waals surface area contributed by atoms with Crippen LogP contribution in [0.3, 0.4) is 0 Å². The zero-order valence-electron chi connectivity index (χ0n) is 13.9. The van der Waals surface area contributed by atoms with Crippen molar-refractivity contribution in [1.29, 1.82) is 0 Å². The van der Waals surface area contributed by atoms with Crippen LogP contribution >= 0.6 is 0 Å². The van der Waals surface area contributed by atoms with Gasteiger partial charge in [-0.3, -0.25) is 9.59 Å². The van der Waals surface area contributed by atoms with E-state index in [4.69, 9.17) is 9.15 Å². The molecular formula is C18H21NO5. The van der Waals surface area contributed by atoms with Crippen molar-refractivity contribution < 1.29 is 18.7 Å². The Bertz CT molecular complexity index is 794. The van der Waals surface area contributed by atoms with Crippen molar-refractivity contribution >= 4 is 22.8 Å². The molecule has 1 aromatic heterocycles. The minimum absolute atomic E-state index is 0.0383. The number of carbonyl (C=O) groups excluding carboxylic acids is 2. The molecule has 0 aliphatic rings. The van der Waals surface area contributed by atoms with Crippen LogP contribution in [0, 0.1) is 0 Å². The Hall–Kier alpha value is -2.63. The molecule has 1 heterocycles. The third-order valence-electron chi connectivity index (χ3n) is 3.45. The van der Waals surface area contributed by atoms with E-state index >= 15 is 0 Å². The van der Waals surface area contributed by atoms with Crippen LogP contribution in [-0.2, 0) is 4.79 Å². The van der Waals surface area contributed by atoms with Crippen LogP contribution < -0.4 is 15.7 Å². The highest BCUT2D eigenvalue weighted by Gasteiger charge is 2.14. The Morgan fingerprint density at radius 2 is 1.96 bits per heavy atom. The van der Waals surface area contributed by atoms with Crippen LogP contribution in [0.4, 0.5) is 0 Å². The number of hydrogen-bond acceptors (Lipinski definition) is 5. The van der Waals surface area contributed by atoms with Gasteiger partial charge < -0.3 is 14.5 Å². The van der Waals surface area contributed by atoms with E-state index in [1.165, 1.54) is 12.1 Å². The van der Waals surface area contributed by atoms with E-state index in [0.29, 0.717) is 24.1 Å². The topological polar surface area (TPSA) is 85.6 Å². The van der Waals surface area contributed by atoms with Crippen molar-refractivity contribution in [2.24, 2.45) is 0 Å². The monoisotopic (exact) mass is 331 g/mol. The van der Waals surface area contributed by atoms with Crippen LogP contribution in [0.25, 0.3) is 11.0 Å². The fraction of sp³-hybridized carbons (Fsp3) is 0.389. The zero-order chi connectivity index (χ0) is 17.5. The molecule has 0 atom stereocenters. The lowest BCUT2D eigenvalue weighted by atomic mass is 10.1. The van der Waals surface area contributed by atoms with Gasteiger partial charge >= 0.3 is 11.6 Å². The molecule has 0 aliphatic heterocycles. The maximum Gasteiger partial charge on any atom is 0.349 e. The minimum Gasteiger partial charge on any atom is -0.426 e. The summed E-state index contributed by atoms with van der Waals surface area (Å²) in [5, 5.41) is 3.23. The Balaban J connectivity index is 2.23. The maximum absolute atomic E-state index is 12.0. The van der Waals surface area contributed by atoms with Crippen molar-refractivity contribution in [2.45, 2.75) is 39.5 Å². The molecule has 6 nitrogen and oxygen atoms in total. The molecule has 0 radical (unpaired) electrons. The minimum atomic E-state index is -0.717. The highest BCUT2D eigenvalue weighted by molar-refractivity contribution is 5.96. The first kappa shape index (κ1) is 17.7. The Morgan fingerprint density at radius 1 is 1.17 bits per heavy atom. The lowest BCUT2D eigenvalue weighted by Gasteiger charge is -2.06. The molecule has 0 unspecified atom stereocenters. The molecule has 2 aromatic rings. The summed E-state index contributed by atoms with van der Waals surface area (Å²) in [5.41, 5.74) is -0.484. The predicted octanol–water partition coefficient (Wildman–Crippen LogP) is 3.03. The van der Waals surface area contributed by atoms with Crippen LogP contribution in [0.15, 0.2) is 33.5 Å². The fourth-order valence-electron chi connectivity index (χ4n) is 2.15. The van der Waals surface area contributed by atoms with E-state index in [1.807, 2.05) is 13.8 Å². The smallest absolute Gasteiger partial charge is 0.349 e.